The zero-order valence-corrected chi connectivity index (χ0v) is 12.8. The second kappa shape index (κ2) is 5.53. The molecular weight excluding hydrogens is 334 g/mol. The average molecular weight is 346 g/mol. The number of ether oxygens (including phenoxy) is 1. The van der Waals surface area contributed by atoms with Crippen LogP contribution in [-0.2, 0) is 0 Å². The molecule has 0 amide bonds. The molecule has 21 heavy (non-hydrogen) atoms. The third-order valence-electron chi connectivity index (χ3n) is 2.95. The molecular formula is C14H12BrN5O. The third kappa shape index (κ3) is 2.59. The van der Waals surface area contributed by atoms with Crippen LogP contribution in [0, 0.1) is 0 Å². The van der Waals surface area contributed by atoms with E-state index in [4.69, 9.17) is 10.5 Å². The molecule has 0 bridgehead atoms. The zero-order valence-electron chi connectivity index (χ0n) is 11.2. The minimum Gasteiger partial charge on any atom is -0.480 e. The fourth-order valence-electron chi connectivity index (χ4n) is 1.93. The zero-order chi connectivity index (χ0) is 14.8. The molecule has 3 aromatic rings. The number of hydrogen-bond acceptors (Lipinski definition) is 5. The lowest BCUT2D eigenvalue weighted by Gasteiger charge is -2.04. The Bertz CT molecular complexity index is 787. The number of methoxy groups -OCH3 is 1. The first-order chi connectivity index (χ1) is 10.2. The average Bonchev–Trinajstić information content (AvgIpc) is 2.98. The number of halogens is 1. The number of nitrogens with two attached hydrogens (primary N) is 1. The van der Waals surface area contributed by atoms with Gasteiger partial charge in [-0.2, -0.15) is 10.1 Å². The Labute approximate surface area is 129 Å². The summed E-state index contributed by atoms with van der Waals surface area (Å²) in [5.74, 6) is 0.882. The van der Waals surface area contributed by atoms with E-state index in [9.17, 15) is 0 Å². The highest BCUT2D eigenvalue weighted by Crippen LogP contribution is 2.26. The Morgan fingerprint density at radius 2 is 2.05 bits per heavy atom. The minimum absolute atomic E-state index is 0.427. The lowest BCUT2D eigenvalue weighted by molar-refractivity contribution is 0.392. The van der Waals surface area contributed by atoms with Gasteiger partial charge in [0.25, 0.3) is 5.95 Å². The number of hydrogen-bond donors (Lipinski definition) is 1. The van der Waals surface area contributed by atoms with Gasteiger partial charge >= 0.3 is 0 Å². The maximum atomic E-state index is 5.97. The molecule has 0 aliphatic rings. The number of anilines is 1. The molecule has 2 heterocycles. The van der Waals surface area contributed by atoms with Gasteiger partial charge in [0.15, 0.2) is 0 Å². The highest BCUT2D eigenvalue weighted by Gasteiger charge is 2.10. The molecule has 0 saturated heterocycles. The summed E-state index contributed by atoms with van der Waals surface area (Å²) in [7, 11) is 1.55. The van der Waals surface area contributed by atoms with Crippen LogP contribution in [-0.4, -0.2) is 26.9 Å². The van der Waals surface area contributed by atoms with Crippen molar-refractivity contribution in [2.45, 2.75) is 0 Å². The van der Waals surface area contributed by atoms with Crippen molar-refractivity contribution in [3.8, 4) is 23.0 Å². The van der Waals surface area contributed by atoms with Crippen LogP contribution in [0.4, 0.5) is 5.69 Å². The van der Waals surface area contributed by atoms with Crippen LogP contribution in [0.15, 0.2) is 47.3 Å². The molecule has 0 unspecified atom stereocenters. The van der Waals surface area contributed by atoms with Crippen LogP contribution in [0.5, 0.6) is 5.88 Å². The molecule has 0 atom stereocenters. The highest BCUT2D eigenvalue weighted by molar-refractivity contribution is 9.10. The Kier molecular flexibility index (Phi) is 3.57. The molecule has 106 valence electrons. The van der Waals surface area contributed by atoms with Crippen LogP contribution >= 0.6 is 15.9 Å². The van der Waals surface area contributed by atoms with E-state index in [1.807, 2.05) is 30.5 Å². The molecule has 0 saturated carbocycles. The Hall–Kier alpha value is -2.41. The first-order valence-corrected chi connectivity index (χ1v) is 6.95. The van der Waals surface area contributed by atoms with Gasteiger partial charge in [0, 0.05) is 23.0 Å². The molecule has 0 spiro atoms. The van der Waals surface area contributed by atoms with E-state index in [0.29, 0.717) is 22.0 Å². The fourth-order valence-corrected chi connectivity index (χ4v) is 2.28. The van der Waals surface area contributed by atoms with Crippen molar-refractivity contribution in [1.29, 1.82) is 0 Å². The van der Waals surface area contributed by atoms with E-state index < -0.39 is 0 Å². The maximum Gasteiger partial charge on any atom is 0.253 e. The summed E-state index contributed by atoms with van der Waals surface area (Å²) in [5.41, 5.74) is 8.50. The van der Waals surface area contributed by atoms with Crippen molar-refractivity contribution >= 4 is 21.6 Å². The van der Waals surface area contributed by atoms with Gasteiger partial charge in [-0.05, 0) is 22.0 Å². The summed E-state index contributed by atoms with van der Waals surface area (Å²) in [5, 5.41) is 4.27. The topological polar surface area (TPSA) is 78.9 Å². The summed E-state index contributed by atoms with van der Waals surface area (Å²) in [6, 6.07) is 7.62. The van der Waals surface area contributed by atoms with Gasteiger partial charge in [-0.3, -0.25) is 0 Å². The summed E-state index contributed by atoms with van der Waals surface area (Å²) in [6.45, 7) is 0. The molecule has 7 heteroatoms. The molecule has 0 aliphatic heterocycles. The van der Waals surface area contributed by atoms with E-state index in [1.54, 1.807) is 24.2 Å². The van der Waals surface area contributed by atoms with Crippen molar-refractivity contribution in [3.05, 3.63) is 47.3 Å². The van der Waals surface area contributed by atoms with Crippen molar-refractivity contribution in [3.63, 3.8) is 0 Å². The van der Waals surface area contributed by atoms with E-state index in [0.717, 1.165) is 11.1 Å². The van der Waals surface area contributed by atoms with Crippen LogP contribution in [0.3, 0.4) is 0 Å². The van der Waals surface area contributed by atoms with E-state index in [2.05, 4.69) is 31.0 Å². The lowest BCUT2D eigenvalue weighted by atomic mass is 10.1. The van der Waals surface area contributed by atoms with Gasteiger partial charge in [-0.25, -0.2) is 9.67 Å². The van der Waals surface area contributed by atoms with Crippen molar-refractivity contribution in [2.24, 2.45) is 0 Å². The second-order valence-electron chi connectivity index (χ2n) is 4.29. The summed E-state index contributed by atoms with van der Waals surface area (Å²) < 4.78 is 7.43. The van der Waals surface area contributed by atoms with Gasteiger partial charge in [0.1, 0.15) is 0 Å². The molecule has 0 aliphatic carbocycles. The van der Waals surface area contributed by atoms with Crippen molar-refractivity contribution in [2.75, 3.05) is 12.8 Å². The minimum atomic E-state index is 0.427. The SMILES string of the molecule is COc1nc(-n2cc(-c3ccccc3N)cn2)ncc1Br. The third-order valence-corrected chi connectivity index (χ3v) is 3.50. The predicted molar refractivity (Wildman–Crippen MR) is 83.3 cm³/mol. The van der Waals surface area contributed by atoms with Crippen LogP contribution in [0.2, 0.25) is 0 Å². The molecule has 2 N–H and O–H groups in total. The summed E-state index contributed by atoms with van der Waals surface area (Å²) in [6.07, 6.45) is 5.18. The van der Waals surface area contributed by atoms with Crippen molar-refractivity contribution in [1.82, 2.24) is 19.7 Å². The molecule has 0 radical (unpaired) electrons. The molecule has 0 fully saturated rings. The van der Waals surface area contributed by atoms with Crippen molar-refractivity contribution < 1.29 is 4.74 Å². The number of para-hydroxylation sites is 1. The molecule has 2 aromatic heterocycles. The summed E-state index contributed by atoms with van der Waals surface area (Å²) in [4.78, 5) is 8.50. The Balaban J connectivity index is 2.01. The standard InChI is InChI=1S/C14H12BrN5O/c1-21-13-11(15)7-17-14(19-13)20-8-9(6-18-20)10-4-2-3-5-12(10)16/h2-8H,16H2,1H3. The van der Waals surface area contributed by atoms with Gasteiger partial charge in [-0.15, -0.1) is 0 Å². The van der Waals surface area contributed by atoms with Gasteiger partial charge in [0.05, 0.1) is 24.0 Å². The number of nitrogens with zero attached hydrogens (tertiary/aromatic N) is 4. The number of rotatable bonds is 3. The highest BCUT2D eigenvalue weighted by atomic mass is 79.9. The lowest BCUT2D eigenvalue weighted by Crippen LogP contribution is -2.03. The Morgan fingerprint density at radius 3 is 2.81 bits per heavy atom. The van der Waals surface area contributed by atoms with Crippen LogP contribution in [0.1, 0.15) is 0 Å². The molecule has 3 rings (SSSR count). The van der Waals surface area contributed by atoms with E-state index in [-0.39, 0.29) is 0 Å². The normalized spacial score (nSPS) is 10.6. The first-order valence-electron chi connectivity index (χ1n) is 6.15. The van der Waals surface area contributed by atoms with E-state index in [1.165, 1.54) is 0 Å². The van der Waals surface area contributed by atoms with Gasteiger partial charge in [-0.1, -0.05) is 18.2 Å². The first kappa shape index (κ1) is 13.6. The van der Waals surface area contributed by atoms with E-state index >= 15 is 0 Å². The molecule has 6 nitrogen and oxygen atoms in total. The fraction of sp³-hybridized carbons (Fsp3) is 0.0714. The van der Waals surface area contributed by atoms with Gasteiger partial charge < -0.3 is 10.5 Å². The number of benzene rings is 1. The van der Waals surface area contributed by atoms with Gasteiger partial charge in [0.2, 0.25) is 5.88 Å². The smallest absolute Gasteiger partial charge is 0.253 e. The molecule has 1 aromatic carbocycles. The largest absolute Gasteiger partial charge is 0.480 e. The van der Waals surface area contributed by atoms with Crippen LogP contribution in [0.25, 0.3) is 17.1 Å². The van der Waals surface area contributed by atoms with Crippen LogP contribution < -0.4 is 10.5 Å². The summed E-state index contributed by atoms with van der Waals surface area (Å²) >= 11 is 3.32. The second-order valence-corrected chi connectivity index (χ2v) is 5.14. The maximum absolute atomic E-state index is 5.97. The predicted octanol–water partition coefficient (Wildman–Crippen LogP) is 2.68. The number of nitrogen functional groups attached to an aromatic ring is 1. The Morgan fingerprint density at radius 1 is 1.24 bits per heavy atom. The number of aromatic nitrogens is 4. The quantitative estimate of drug-likeness (QED) is 0.738. The monoisotopic (exact) mass is 345 g/mol.